The van der Waals surface area contributed by atoms with Crippen LogP contribution in [0.15, 0.2) is 12.3 Å². The Morgan fingerprint density at radius 1 is 1.39 bits per heavy atom. The van der Waals surface area contributed by atoms with Crippen molar-refractivity contribution in [2.45, 2.75) is 52.6 Å². The number of aromatic nitrogens is 2. The lowest BCUT2D eigenvalue weighted by molar-refractivity contribution is 0.469. The standard InChI is InChI=1S/C14H27N3S/c1-5-12(4)17-9-8-13(16-17)10-14(15-6-2)11-18-7-3/h8-9,12,14-15H,5-7,10-11H2,1-4H3. The molecule has 0 bridgehead atoms. The summed E-state index contributed by atoms with van der Waals surface area (Å²) in [6.45, 7) is 9.82. The number of hydrogen-bond acceptors (Lipinski definition) is 3. The van der Waals surface area contributed by atoms with Crippen LogP contribution in [0.5, 0.6) is 0 Å². The fraction of sp³-hybridized carbons (Fsp3) is 0.786. The molecule has 1 N–H and O–H groups in total. The van der Waals surface area contributed by atoms with E-state index in [1.54, 1.807) is 0 Å². The SMILES string of the molecule is CCNC(CSCC)Cc1ccn(C(C)CC)n1. The maximum atomic E-state index is 4.68. The van der Waals surface area contributed by atoms with Crippen molar-refractivity contribution < 1.29 is 0 Å². The zero-order chi connectivity index (χ0) is 13.4. The summed E-state index contributed by atoms with van der Waals surface area (Å²) in [4.78, 5) is 0. The van der Waals surface area contributed by atoms with Crippen molar-refractivity contribution in [1.82, 2.24) is 15.1 Å². The summed E-state index contributed by atoms with van der Waals surface area (Å²) in [5.41, 5.74) is 1.21. The van der Waals surface area contributed by atoms with E-state index in [9.17, 15) is 0 Å². The molecule has 1 aromatic rings. The van der Waals surface area contributed by atoms with E-state index in [0.717, 1.165) is 19.4 Å². The minimum Gasteiger partial charge on any atom is -0.313 e. The summed E-state index contributed by atoms with van der Waals surface area (Å²) in [5, 5.41) is 8.23. The maximum Gasteiger partial charge on any atom is 0.0640 e. The third-order valence-corrected chi connectivity index (χ3v) is 4.22. The number of hydrogen-bond donors (Lipinski definition) is 1. The van der Waals surface area contributed by atoms with Gasteiger partial charge in [-0.3, -0.25) is 4.68 Å². The van der Waals surface area contributed by atoms with Crippen molar-refractivity contribution >= 4 is 11.8 Å². The van der Waals surface area contributed by atoms with Crippen molar-refractivity contribution in [3.8, 4) is 0 Å². The van der Waals surface area contributed by atoms with Gasteiger partial charge in [-0.15, -0.1) is 0 Å². The molecule has 0 amide bonds. The average Bonchev–Trinajstić information content (AvgIpc) is 2.83. The van der Waals surface area contributed by atoms with Crippen LogP contribution in [0.4, 0.5) is 0 Å². The Kier molecular flexibility index (Phi) is 7.44. The van der Waals surface area contributed by atoms with Gasteiger partial charge in [-0.05, 0) is 31.7 Å². The number of nitrogens with one attached hydrogen (secondary N) is 1. The number of likely N-dealkylation sites (N-methyl/N-ethyl adjacent to an activating group) is 1. The second-order valence-electron chi connectivity index (χ2n) is 4.66. The summed E-state index contributed by atoms with van der Waals surface area (Å²) >= 11 is 2.00. The number of nitrogens with zero attached hydrogens (tertiary/aromatic N) is 2. The first kappa shape index (κ1) is 15.6. The molecule has 0 fully saturated rings. The van der Waals surface area contributed by atoms with Crippen molar-refractivity contribution in [3.05, 3.63) is 18.0 Å². The Bertz CT molecular complexity index is 325. The van der Waals surface area contributed by atoms with E-state index in [-0.39, 0.29) is 0 Å². The average molecular weight is 269 g/mol. The number of thioether (sulfide) groups is 1. The van der Waals surface area contributed by atoms with Crippen LogP contribution in [-0.2, 0) is 6.42 Å². The first-order chi connectivity index (χ1) is 8.71. The second kappa shape index (κ2) is 8.59. The molecule has 18 heavy (non-hydrogen) atoms. The lowest BCUT2D eigenvalue weighted by atomic mass is 10.2. The first-order valence-electron chi connectivity index (χ1n) is 7.06. The minimum atomic E-state index is 0.501. The van der Waals surface area contributed by atoms with Crippen LogP contribution >= 0.6 is 11.8 Å². The zero-order valence-electron chi connectivity index (χ0n) is 12.1. The van der Waals surface area contributed by atoms with E-state index in [1.165, 1.54) is 17.2 Å². The normalized spacial score (nSPS) is 14.7. The number of rotatable bonds is 9. The van der Waals surface area contributed by atoms with Gasteiger partial charge in [0.2, 0.25) is 0 Å². The predicted octanol–water partition coefficient (Wildman–Crippen LogP) is 3.13. The molecule has 1 rings (SSSR count). The lowest BCUT2D eigenvalue weighted by Crippen LogP contribution is -2.33. The molecule has 0 aliphatic rings. The van der Waals surface area contributed by atoms with Gasteiger partial charge in [-0.1, -0.05) is 20.8 Å². The van der Waals surface area contributed by atoms with Crippen molar-refractivity contribution in [3.63, 3.8) is 0 Å². The van der Waals surface area contributed by atoms with Gasteiger partial charge in [0.05, 0.1) is 5.69 Å². The smallest absolute Gasteiger partial charge is 0.0640 e. The van der Waals surface area contributed by atoms with Crippen LogP contribution in [0, 0.1) is 0 Å². The zero-order valence-corrected chi connectivity index (χ0v) is 13.0. The summed E-state index contributed by atoms with van der Waals surface area (Å²) in [6, 6.07) is 3.20. The molecule has 0 aromatic carbocycles. The van der Waals surface area contributed by atoms with Crippen LogP contribution in [0.1, 0.15) is 45.9 Å². The predicted molar refractivity (Wildman–Crippen MR) is 81.4 cm³/mol. The van der Waals surface area contributed by atoms with Crippen LogP contribution in [0.2, 0.25) is 0 Å². The van der Waals surface area contributed by atoms with E-state index in [4.69, 9.17) is 0 Å². The molecule has 1 aromatic heterocycles. The Balaban J connectivity index is 2.54. The summed E-state index contributed by atoms with van der Waals surface area (Å²) in [7, 11) is 0. The molecule has 2 unspecified atom stereocenters. The van der Waals surface area contributed by atoms with Crippen molar-refractivity contribution in [1.29, 1.82) is 0 Å². The molecular formula is C14H27N3S. The van der Waals surface area contributed by atoms with Gasteiger partial charge in [0.1, 0.15) is 0 Å². The molecule has 1 heterocycles. The minimum absolute atomic E-state index is 0.501. The van der Waals surface area contributed by atoms with Gasteiger partial charge in [0, 0.05) is 30.5 Å². The third-order valence-electron chi connectivity index (χ3n) is 3.18. The highest BCUT2D eigenvalue weighted by Gasteiger charge is 2.11. The topological polar surface area (TPSA) is 29.9 Å². The molecule has 4 heteroatoms. The molecular weight excluding hydrogens is 242 g/mol. The van der Waals surface area contributed by atoms with Crippen LogP contribution in [-0.4, -0.2) is 33.9 Å². The summed E-state index contributed by atoms with van der Waals surface area (Å²) in [5.74, 6) is 2.35. The first-order valence-corrected chi connectivity index (χ1v) is 8.21. The highest BCUT2D eigenvalue weighted by Crippen LogP contribution is 2.12. The Hall–Kier alpha value is -0.480. The monoisotopic (exact) mass is 269 g/mol. The molecule has 104 valence electrons. The molecule has 0 spiro atoms. The Morgan fingerprint density at radius 2 is 2.17 bits per heavy atom. The summed E-state index contributed by atoms with van der Waals surface area (Å²) in [6.07, 6.45) is 4.27. The van der Waals surface area contributed by atoms with Crippen LogP contribution in [0.3, 0.4) is 0 Å². The van der Waals surface area contributed by atoms with Crippen molar-refractivity contribution in [2.24, 2.45) is 0 Å². The molecule has 0 radical (unpaired) electrons. The van der Waals surface area contributed by atoms with Gasteiger partial charge in [-0.25, -0.2) is 0 Å². The summed E-state index contributed by atoms with van der Waals surface area (Å²) < 4.78 is 2.09. The van der Waals surface area contributed by atoms with E-state index < -0.39 is 0 Å². The maximum absolute atomic E-state index is 4.68. The van der Waals surface area contributed by atoms with Gasteiger partial charge in [0.25, 0.3) is 0 Å². The van der Waals surface area contributed by atoms with Crippen LogP contribution < -0.4 is 5.32 Å². The van der Waals surface area contributed by atoms with Crippen molar-refractivity contribution in [2.75, 3.05) is 18.1 Å². The Morgan fingerprint density at radius 3 is 2.78 bits per heavy atom. The van der Waals surface area contributed by atoms with Gasteiger partial charge >= 0.3 is 0 Å². The van der Waals surface area contributed by atoms with Gasteiger partial charge < -0.3 is 5.32 Å². The second-order valence-corrected chi connectivity index (χ2v) is 5.98. The largest absolute Gasteiger partial charge is 0.313 e. The fourth-order valence-corrected chi connectivity index (χ4v) is 2.67. The highest BCUT2D eigenvalue weighted by atomic mass is 32.2. The van der Waals surface area contributed by atoms with E-state index in [2.05, 4.69) is 55.1 Å². The molecule has 0 aliphatic carbocycles. The van der Waals surface area contributed by atoms with Gasteiger partial charge in [-0.2, -0.15) is 16.9 Å². The quantitative estimate of drug-likeness (QED) is 0.747. The fourth-order valence-electron chi connectivity index (χ4n) is 1.91. The highest BCUT2D eigenvalue weighted by molar-refractivity contribution is 7.99. The van der Waals surface area contributed by atoms with Crippen LogP contribution in [0.25, 0.3) is 0 Å². The molecule has 0 saturated heterocycles. The van der Waals surface area contributed by atoms with E-state index in [1.807, 2.05) is 11.8 Å². The third kappa shape index (κ3) is 5.02. The lowest BCUT2D eigenvalue weighted by Gasteiger charge is -2.16. The Labute approximate surface area is 116 Å². The molecule has 2 atom stereocenters. The molecule has 3 nitrogen and oxygen atoms in total. The molecule has 0 aliphatic heterocycles. The van der Waals surface area contributed by atoms with E-state index in [0.29, 0.717) is 12.1 Å². The van der Waals surface area contributed by atoms with E-state index >= 15 is 0 Å². The van der Waals surface area contributed by atoms with Gasteiger partial charge in [0.15, 0.2) is 0 Å². The molecule has 0 saturated carbocycles.